The summed E-state index contributed by atoms with van der Waals surface area (Å²) < 4.78 is 0. The van der Waals surface area contributed by atoms with Gasteiger partial charge in [-0.05, 0) is 0 Å². The molecule has 2 aromatic rings. The Kier molecular flexibility index (Phi) is 2.57. The second kappa shape index (κ2) is 3.77. The first-order chi connectivity index (χ1) is 7.54. The highest BCUT2D eigenvalue weighted by atomic mass is 35.5. The van der Waals surface area contributed by atoms with Crippen LogP contribution in [0.4, 0.5) is 5.69 Å². The maximum Gasteiger partial charge on any atom is 0.271 e. The van der Waals surface area contributed by atoms with E-state index in [-0.39, 0.29) is 21.4 Å². The number of aldehydes is 1. The van der Waals surface area contributed by atoms with Crippen LogP contribution in [0.2, 0.25) is 10.2 Å². The van der Waals surface area contributed by atoms with Gasteiger partial charge in [0.2, 0.25) is 0 Å². The zero-order valence-corrected chi connectivity index (χ0v) is 9.17. The minimum absolute atomic E-state index is 0.118. The number of non-ortho nitro benzene ring substituents is 1. The van der Waals surface area contributed by atoms with Crippen LogP contribution in [-0.4, -0.2) is 16.2 Å². The summed E-state index contributed by atoms with van der Waals surface area (Å²) in [7, 11) is 0. The molecule has 2 rings (SSSR count). The van der Waals surface area contributed by atoms with Crippen LogP contribution in [-0.2, 0) is 0 Å². The molecule has 1 heterocycles. The van der Waals surface area contributed by atoms with E-state index in [2.05, 4.69) is 4.98 Å². The first-order valence-electron chi connectivity index (χ1n) is 4.15. The Morgan fingerprint density at radius 1 is 1.38 bits per heavy atom. The van der Waals surface area contributed by atoms with E-state index in [9.17, 15) is 14.9 Å². The quantitative estimate of drug-likeness (QED) is 0.511. The molecule has 0 aliphatic heterocycles. The summed E-state index contributed by atoms with van der Waals surface area (Å²) in [6.07, 6.45) is 0.529. The number of aromatic nitrogens is 1. The standard InChI is InChI=1S/C9H4Cl2N2O3/c10-7-2-4(13(15)16)1-5-6(3-14)9(11)12-8(5)7/h1-3,12H. The monoisotopic (exact) mass is 258 g/mol. The molecule has 0 fully saturated rings. The second-order valence-corrected chi connectivity index (χ2v) is 3.86. The molecule has 5 nitrogen and oxygen atoms in total. The Bertz CT molecular complexity index is 606. The smallest absolute Gasteiger partial charge is 0.271 e. The first-order valence-corrected chi connectivity index (χ1v) is 4.90. The maximum absolute atomic E-state index is 10.8. The molecule has 0 spiro atoms. The van der Waals surface area contributed by atoms with E-state index in [1.165, 1.54) is 12.1 Å². The van der Waals surface area contributed by atoms with Gasteiger partial charge in [0.15, 0.2) is 6.29 Å². The molecule has 0 radical (unpaired) electrons. The summed E-state index contributed by atoms with van der Waals surface area (Å²) in [6, 6.07) is 2.46. The Morgan fingerprint density at radius 3 is 2.62 bits per heavy atom. The van der Waals surface area contributed by atoms with Crippen molar-refractivity contribution in [3.8, 4) is 0 Å². The molecule has 0 amide bonds. The van der Waals surface area contributed by atoms with E-state index in [1.54, 1.807) is 0 Å². The molecule has 7 heteroatoms. The summed E-state index contributed by atoms with van der Waals surface area (Å²) in [6.45, 7) is 0. The lowest BCUT2D eigenvalue weighted by Gasteiger charge is -1.95. The van der Waals surface area contributed by atoms with Gasteiger partial charge in [-0.15, -0.1) is 0 Å². The highest BCUT2D eigenvalue weighted by Crippen LogP contribution is 2.33. The Balaban J connectivity index is 2.88. The van der Waals surface area contributed by atoms with Gasteiger partial charge in [-0.25, -0.2) is 0 Å². The lowest BCUT2D eigenvalue weighted by Crippen LogP contribution is -1.88. The summed E-state index contributed by atoms with van der Waals surface area (Å²) in [5.74, 6) is 0. The number of carbonyl (C=O) groups excluding carboxylic acids is 1. The molecule has 0 atom stereocenters. The predicted octanol–water partition coefficient (Wildman–Crippen LogP) is 3.20. The summed E-state index contributed by atoms with van der Waals surface area (Å²) in [5, 5.41) is 11.2. The molecule has 82 valence electrons. The third kappa shape index (κ3) is 1.54. The minimum Gasteiger partial charge on any atom is -0.344 e. The van der Waals surface area contributed by atoms with E-state index >= 15 is 0 Å². The maximum atomic E-state index is 10.8. The summed E-state index contributed by atoms with van der Waals surface area (Å²) in [4.78, 5) is 23.5. The number of hydrogen-bond acceptors (Lipinski definition) is 3. The fourth-order valence-corrected chi connectivity index (χ4v) is 1.95. The fraction of sp³-hybridized carbons (Fsp3) is 0. The lowest BCUT2D eigenvalue weighted by atomic mass is 10.2. The van der Waals surface area contributed by atoms with E-state index in [0.29, 0.717) is 17.2 Å². The number of nitro groups is 1. The normalized spacial score (nSPS) is 10.6. The van der Waals surface area contributed by atoms with E-state index < -0.39 is 4.92 Å². The molecular weight excluding hydrogens is 255 g/mol. The van der Waals surface area contributed by atoms with Crippen molar-refractivity contribution in [2.75, 3.05) is 0 Å². The van der Waals surface area contributed by atoms with Crippen LogP contribution >= 0.6 is 23.2 Å². The van der Waals surface area contributed by atoms with Crippen LogP contribution in [0.15, 0.2) is 12.1 Å². The van der Waals surface area contributed by atoms with Crippen molar-refractivity contribution in [2.45, 2.75) is 0 Å². The number of hydrogen-bond donors (Lipinski definition) is 1. The molecule has 0 saturated heterocycles. The fourth-order valence-electron chi connectivity index (χ4n) is 1.45. The molecule has 0 saturated carbocycles. The number of rotatable bonds is 2. The molecular formula is C9H4Cl2N2O3. The number of H-pyrrole nitrogens is 1. The van der Waals surface area contributed by atoms with E-state index in [0.717, 1.165) is 0 Å². The zero-order valence-electron chi connectivity index (χ0n) is 7.66. The van der Waals surface area contributed by atoms with Gasteiger partial charge in [-0.3, -0.25) is 14.9 Å². The van der Waals surface area contributed by atoms with Gasteiger partial charge in [-0.1, -0.05) is 23.2 Å². The number of nitrogens with one attached hydrogen (secondary N) is 1. The van der Waals surface area contributed by atoms with Crippen molar-refractivity contribution in [1.82, 2.24) is 4.98 Å². The second-order valence-electron chi connectivity index (χ2n) is 3.08. The molecule has 1 N–H and O–H groups in total. The number of nitro benzene ring substituents is 1. The van der Waals surface area contributed by atoms with Crippen LogP contribution in [0.3, 0.4) is 0 Å². The Hall–Kier alpha value is -1.59. The van der Waals surface area contributed by atoms with Gasteiger partial charge >= 0.3 is 0 Å². The molecule has 1 aromatic carbocycles. The average molecular weight is 259 g/mol. The largest absolute Gasteiger partial charge is 0.344 e. The summed E-state index contributed by atoms with van der Waals surface area (Å²) in [5.41, 5.74) is 0.401. The van der Waals surface area contributed by atoms with E-state index in [4.69, 9.17) is 23.2 Å². The molecule has 0 unspecified atom stereocenters. The van der Waals surface area contributed by atoms with Crippen LogP contribution in [0, 0.1) is 10.1 Å². The Morgan fingerprint density at radius 2 is 2.06 bits per heavy atom. The topological polar surface area (TPSA) is 76.0 Å². The van der Waals surface area contributed by atoms with Crippen LogP contribution in [0.1, 0.15) is 10.4 Å². The van der Waals surface area contributed by atoms with Gasteiger partial charge < -0.3 is 4.98 Å². The number of aromatic amines is 1. The van der Waals surface area contributed by atoms with Gasteiger partial charge in [-0.2, -0.15) is 0 Å². The highest BCUT2D eigenvalue weighted by Gasteiger charge is 2.16. The third-order valence-electron chi connectivity index (χ3n) is 2.17. The van der Waals surface area contributed by atoms with E-state index in [1.807, 2.05) is 0 Å². The third-order valence-corrected chi connectivity index (χ3v) is 2.76. The van der Waals surface area contributed by atoms with Crippen molar-refractivity contribution in [3.63, 3.8) is 0 Å². The SMILES string of the molecule is O=Cc1c(Cl)[nH]c2c(Cl)cc([N+](=O)[O-])cc12. The van der Waals surface area contributed by atoms with Crippen molar-refractivity contribution < 1.29 is 9.72 Å². The Labute approximate surface area is 99.1 Å². The molecule has 0 bridgehead atoms. The van der Waals surface area contributed by atoms with Crippen LogP contribution in [0.5, 0.6) is 0 Å². The van der Waals surface area contributed by atoms with Crippen LogP contribution in [0.25, 0.3) is 10.9 Å². The number of halogens is 2. The summed E-state index contributed by atoms with van der Waals surface area (Å²) >= 11 is 11.6. The average Bonchev–Trinajstić information content (AvgIpc) is 2.54. The number of fused-ring (bicyclic) bond motifs is 1. The zero-order chi connectivity index (χ0) is 11.9. The number of nitrogens with zero attached hydrogens (tertiary/aromatic N) is 1. The highest BCUT2D eigenvalue weighted by molar-refractivity contribution is 6.38. The van der Waals surface area contributed by atoms with Crippen molar-refractivity contribution >= 4 is 46.1 Å². The van der Waals surface area contributed by atoms with Gasteiger partial charge in [0, 0.05) is 17.5 Å². The van der Waals surface area contributed by atoms with Crippen molar-refractivity contribution in [1.29, 1.82) is 0 Å². The number of carbonyl (C=O) groups is 1. The van der Waals surface area contributed by atoms with Crippen molar-refractivity contribution in [3.05, 3.63) is 38.0 Å². The lowest BCUT2D eigenvalue weighted by molar-refractivity contribution is -0.384. The van der Waals surface area contributed by atoms with Crippen LogP contribution < -0.4 is 0 Å². The predicted molar refractivity (Wildman–Crippen MR) is 60.4 cm³/mol. The first kappa shape index (κ1) is 10.9. The molecule has 16 heavy (non-hydrogen) atoms. The van der Waals surface area contributed by atoms with Gasteiger partial charge in [0.1, 0.15) is 5.15 Å². The van der Waals surface area contributed by atoms with Gasteiger partial charge in [0.25, 0.3) is 5.69 Å². The minimum atomic E-state index is -0.583. The molecule has 1 aromatic heterocycles. The van der Waals surface area contributed by atoms with Gasteiger partial charge in [0.05, 0.1) is 21.0 Å². The molecule has 0 aliphatic carbocycles. The molecule has 0 aliphatic rings. The van der Waals surface area contributed by atoms with Crippen molar-refractivity contribution in [2.24, 2.45) is 0 Å². The number of benzene rings is 1.